The molecule has 1 aromatic carbocycles. The van der Waals surface area contributed by atoms with Crippen LogP contribution in [0.2, 0.25) is 0 Å². The summed E-state index contributed by atoms with van der Waals surface area (Å²) in [6.07, 6.45) is 6.44. The molecule has 0 aliphatic carbocycles. The number of hydrogen-bond donors (Lipinski definition) is 0. The molecule has 28 heavy (non-hydrogen) atoms. The summed E-state index contributed by atoms with van der Waals surface area (Å²) >= 11 is 0. The Morgan fingerprint density at radius 1 is 1.11 bits per heavy atom. The lowest BCUT2D eigenvalue weighted by Gasteiger charge is -2.48. The SMILES string of the molecule is CCCCN1C[C@@]2(CCCN(Cc3nc4ccccc4nc3C)C2)CCC1=O. The van der Waals surface area contributed by atoms with E-state index in [1.165, 1.54) is 12.8 Å². The minimum absolute atomic E-state index is 0.262. The maximum Gasteiger partial charge on any atom is 0.222 e. The van der Waals surface area contributed by atoms with Crippen molar-refractivity contribution in [3.63, 3.8) is 0 Å². The number of likely N-dealkylation sites (tertiary alicyclic amines) is 2. The quantitative estimate of drug-likeness (QED) is 0.788. The lowest BCUT2D eigenvalue weighted by atomic mass is 9.73. The van der Waals surface area contributed by atoms with E-state index in [-0.39, 0.29) is 5.41 Å². The van der Waals surface area contributed by atoms with Crippen LogP contribution in [0.25, 0.3) is 11.0 Å². The Labute approximate surface area is 168 Å². The minimum Gasteiger partial charge on any atom is -0.342 e. The summed E-state index contributed by atoms with van der Waals surface area (Å²) in [7, 11) is 0. The van der Waals surface area contributed by atoms with E-state index in [0.29, 0.717) is 12.3 Å². The molecule has 150 valence electrons. The first-order valence-corrected chi connectivity index (χ1v) is 10.8. The number of aromatic nitrogens is 2. The Morgan fingerprint density at radius 2 is 1.89 bits per heavy atom. The highest BCUT2D eigenvalue weighted by Crippen LogP contribution is 2.39. The average Bonchev–Trinajstić information content (AvgIpc) is 2.70. The summed E-state index contributed by atoms with van der Waals surface area (Å²) < 4.78 is 0. The van der Waals surface area contributed by atoms with Gasteiger partial charge in [0.25, 0.3) is 0 Å². The second-order valence-corrected chi connectivity index (χ2v) is 8.73. The zero-order valence-electron chi connectivity index (χ0n) is 17.3. The molecule has 1 atom stereocenters. The predicted octanol–water partition coefficient (Wildman–Crippen LogP) is 3.94. The Kier molecular flexibility index (Phi) is 5.63. The highest BCUT2D eigenvalue weighted by atomic mass is 16.2. The van der Waals surface area contributed by atoms with Crippen molar-refractivity contribution < 1.29 is 4.79 Å². The van der Waals surface area contributed by atoms with Crippen LogP contribution in [-0.2, 0) is 11.3 Å². The number of hydrogen-bond acceptors (Lipinski definition) is 4. The monoisotopic (exact) mass is 380 g/mol. The first-order chi connectivity index (χ1) is 13.6. The molecule has 2 saturated heterocycles. The smallest absolute Gasteiger partial charge is 0.222 e. The van der Waals surface area contributed by atoms with Crippen molar-refractivity contribution in [2.24, 2.45) is 5.41 Å². The van der Waals surface area contributed by atoms with Crippen molar-refractivity contribution in [2.45, 2.75) is 58.9 Å². The second-order valence-electron chi connectivity index (χ2n) is 8.73. The van der Waals surface area contributed by atoms with Crippen LogP contribution in [0.5, 0.6) is 0 Å². The van der Waals surface area contributed by atoms with Gasteiger partial charge in [0.15, 0.2) is 0 Å². The lowest BCUT2D eigenvalue weighted by Crippen LogP contribution is -2.54. The largest absolute Gasteiger partial charge is 0.342 e. The van der Waals surface area contributed by atoms with Crippen LogP contribution in [-0.4, -0.2) is 51.9 Å². The number of piperidine rings is 2. The highest BCUT2D eigenvalue weighted by Gasteiger charge is 2.41. The van der Waals surface area contributed by atoms with Gasteiger partial charge in [0, 0.05) is 38.0 Å². The molecule has 0 unspecified atom stereocenters. The number of rotatable bonds is 5. The molecule has 0 radical (unpaired) electrons. The lowest BCUT2D eigenvalue weighted by molar-refractivity contribution is -0.139. The summed E-state index contributed by atoms with van der Waals surface area (Å²) in [6.45, 7) is 9.15. The summed E-state index contributed by atoms with van der Waals surface area (Å²) in [5.41, 5.74) is 4.32. The summed E-state index contributed by atoms with van der Waals surface area (Å²) in [4.78, 5) is 26.7. The van der Waals surface area contributed by atoms with Crippen LogP contribution < -0.4 is 0 Å². The van der Waals surface area contributed by atoms with Gasteiger partial charge in [-0.25, -0.2) is 9.97 Å². The molecule has 4 rings (SSSR count). The van der Waals surface area contributed by atoms with Crippen molar-refractivity contribution in [2.75, 3.05) is 26.2 Å². The van der Waals surface area contributed by atoms with E-state index >= 15 is 0 Å². The first-order valence-electron chi connectivity index (χ1n) is 10.8. The Morgan fingerprint density at radius 3 is 2.68 bits per heavy atom. The van der Waals surface area contributed by atoms with E-state index in [0.717, 1.165) is 74.4 Å². The van der Waals surface area contributed by atoms with Crippen LogP contribution in [0.15, 0.2) is 24.3 Å². The maximum atomic E-state index is 12.4. The zero-order chi connectivity index (χ0) is 19.6. The van der Waals surface area contributed by atoms with Crippen molar-refractivity contribution >= 4 is 16.9 Å². The van der Waals surface area contributed by atoms with Gasteiger partial charge in [-0.3, -0.25) is 9.69 Å². The molecule has 1 spiro atoms. The van der Waals surface area contributed by atoms with Gasteiger partial charge in [0.2, 0.25) is 5.91 Å². The van der Waals surface area contributed by atoms with Crippen LogP contribution in [0, 0.1) is 12.3 Å². The van der Waals surface area contributed by atoms with Gasteiger partial charge in [-0.1, -0.05) is 25.5 Å². The molecular formula is C23H32N4O. The fraction of sp³-hybridized carbons (Fsp3) is 0.609. The molecule has 0 bridgehead atoms. The van der Waals surface area contributed by atoms with Crippen LogP contribution >= 0.6 is 0 Å². The van der Waals surface area contributed by atoms with E-state index in [1.54, 1.807) is 0 Å². The van der Waals surface area contributed by atoms with Crippen LogP contribution in [0.4, 0.5) is 0 Å². The highest BCUT2D eigenvalue weighted by molar-refractivity contribution is 5.77. The Bertz CT molecular complexity index is 852. The number of nitrogens with zero attached hydrogens (tertiary/aromatic N) is 4. The number of carbonyl (C=O) groups is 1. The average molecular weight is 381 g/mol. The first kappa shape index (κ1) is 19.3. The standard InChI is InChI=1S/C23H32N4O/c1-3-4-14-27-17-23(12-10-22(27)28)11-7-13-26(16-23)15-21-18(2)24-19-8-5-6-9-20(19)25-21/h5-6,8-9H,3-4,7,10-17H2,1-2H3/t23-/m0/s1. The molecule has 0 saturated carbocycles. The molecule has 2 fully saturated rings. The molecule has 5 heteroatoms. The third-order valence-corrected chi connectivity index (χ3v) is 6.49. The molecule has 2 aliphatic heterocycles. The topological polar surface area (TPSA) is 49.3 Å². The normalized spacial score (nSPS) is 23.6. The molecule has 3 heterocycles. The number of benzene rings is 1. The van der Waals surface area contributed by atoms with E-state index in [2.05, 4.69) is 23.6 Å². The molecule has 2 aromatic rings. The van der Waals surface area contributed by atoms with Crippen molar-refractivity contribution in [1.82, 2.24) is 19.8 Å². The third-order valence-electron chi connectivity index (χ3n) is 6.49. The predicted molar refractivity (Wildman–Crippen MR) is 112 cm³/mol. The fourth-order valence-corrected chi connectivity index (χ4v) is 4.92. The fourth-order valence-electron chi connectivity index (χ4n) is 4.92. The number of fused-ring (bicyclic) bond motifs is 1. The van der Waals surface area contributed by atoms with Crippen LogP contribution in [0.1, 0.15) is 56.8 Å². The van der Waals surface area contributed by atoms with Gasteiger partial charge in [-0.2, -0.15) is 0 Å². The van der Waals surface area contributed by atoms with E-state index in [9.17, 15) is 4.79 Å². The molecular weight excluding hydrogens is 348 g/mol. The van der Waals surface area contributed by atoms with Gasteiger partial charge >= 0.3 is 0 Å². The molecule has 5 nitrogen and oxygen atoms in total. The van der Waals surface area contributed by atoms with Gasteiger partial charge in [-0.05, 0) is 51.3 Å². The number of amides is 1. The second kappa shape index (κ2) is 8.16. The van der Waals surface area contributed by atoms with Crippen LogP contribution in [0.3, 0.4) is 0 Å². The minimum atomic E-state index is 0.262. The molecule has 2 aliphatic rings. The third kappa shape index (κ3) is 4.04. The number of carbonyl (C=O) groups excluding carboxylic acids is 1. The molecule has 0 N–H and O–H groups in total. The number of unbranched alkanes of at least 4 members (excludes halogenated alkanes) is 1. The Balaban J connectivity index is 1.48. The van der Waals surface area contributed by atoms with Crippen molar-refractivity contribution in [3.8, 4) is 0 Å². The zero-order valence-corrected chi connectivity index (χ0v) is 17.3. The van der Waals surface area contributed by atoms with E-state index in [4.69, 9.17) is 9.97 Å². The summed E-state index contributed by atoms with van der Waals surface area (Å²) in [5, 5.41) is 0. The van der Waals surface area contributed by atoms with Gasteiger partial charge in [-0.15, -0.1) is 0 Å². The van der Waals surface area contributed by atoms with Gasteiger partial charge in [0.05, 0.1) is 22.4 Å². The van der Waals surface area contributed by atoms with Crippen molar-refractivity contribution in [1.29, 1.82) is 0 Å². The summed E-state index contributed by atoms with van der Waals surface area (Å²) in [5.74, 6) is 0.354. The van der Waals surface area contributed by atoms with E-state index in [1.807, 2.05) is 24.3 Å². The van der Waals surface area contributed by atoms with Crippen molar-refractivity contribution in [3.05, 3.63) is 35.7 Å². The number of para-hydroxylation sites is 2. The molecule has 1 amide bonds. The van der Waals surface area contributed by atoms with E-state index < -0.39 is 0 Å². The maximum absolute atomic E-state index is 12.4. The van der Waals surface area contributed by atoms with Gasteiger partial charge < -0.3 is 4.90 Å². The molecule has 1 aromatic heterocycles. The Hall–Kier alpha value is -2.01. The number of aryl methyl sites for hydroxylation is 1. The summed E-state index contributed by atoms with van der Waals surface area (Å²) in [6, 6.07) is 8.11. The van der Waals surface area contributed by atoms with Gasteiger partial charge in [0.1, 0.15) is 0 Å².